The third-order valence-electron chi connectivity index (χ3n) is 8.99. The highest BCUT2D eigenvalue weighted by atomic mass is 32.2. The minimum absolute atomic E-state index is 0.140. The van der Waals surface area contributed by atoms with Gasteiger partial charge in [0, 0.05) is 75.9 Å². The SMILES string of the molecule is Cc1ccc(S(=O)(=O)Nc2cc3c(O)c(c2)Cc2cc(S(=O)(=O)O)cc(c2O)Cc2cc(S(=O)(=O)O)cc(c2O)Cc2cc(S(=O)(=O)O)cc(c2O)C3)cc1. The Morgan fingerprint density at radius 3 is 0.927 bits per heavy atom. The molecular formula is C35H31NO15S4. The molecule has 0 saturated heterocycles. The molecular weight excluding hydrogens is 803 g/mol. The molecule has 8 N–H and O–H groups in total. The van der Waals surface area contributed by atoms with Gasteiger partial charge in [-0.3, -0.25) is 18.4 Å². The number of aryl methyl sites for hydroxylation is 1. The van der Waals surface area contributed by atoms with E-state index < -0.39 is 104 Å². The number of anilines is 1. The third kappa shape index (κ3) is 8.25. The molecule has 16 nitrogen and oxygen atoms in total. The highest BCUT2D eigenvalue weighted by molar-refractivity contribution is 7.92. The van der Waals surface area contributed by atoms with Crippen molar-refractivity contribution >= 4 is 46.1 Å². The summed E-state index contributed by atoms with van der Waals surface area (Å²) in [7, 11) is -19.3. The van der Waals surface area contributed by atoms with Gasteiger partial charge < -0.3 is 20.4 Å². The number of hydrogen-bond acceptors (Lipinski definition) is 12. The first-order valence-corrected chi connectivity index (χ1v) is 21.6. The molecule has 0 radical (unpaired) electrons. The Kier molecular flexibility index (Phi) is 9.92. The van der Waals surface area contributed by atoms with Crippen LogP contribution in [0.2, 0.25) is 0 Å². The van der Waals surface area contributed by atoms with Gasteiger partial charge >= 0.3 is 0 Å². The monoisotopic (exact) mass is 833 g/mol. The maximum absolute atomic E-state index is 13.4. The van der Waals surface area contributed by atoms with Crippen LogP contribution in [0.4, 0.5) is 5.69 Å². The van der Waals surface area contributed by atoms with Crippen molar-refractivity contribution in [1.82, 2.24) is 0 Å². The number of nitrogens with one attached hydrogen (secondary N) is 1. The van der Waals surface area contributed by atoms with Gasteiger partial charge in [-0.2, -0.15) is 25.3 Å². The lowest BCUT2D eigenvalue weighted by molar-refractivity contribution is 0.449. The van der Waals surface area contributed by atoms with E-state index in [0.29, 0.717) is 0 Å². The second-order valence-electron chi connectivity index (χ2n) is 13.0. The lowest BCUT2D eigenvalue weighted by Crippen LogP contribution is -2.14. The lowest BCUT2D eigenvalue weighted by Gasteiger charge is -2.20. The largest absolute Gasteiger partial charge is 0.507 e. The fourth-order valence-electron chi connectivity index (χ4n) is 6.28. The van der Waals surface area contributed by atoms with Crippen LogP contribution >= 0.6 is 0 Å². The summed E-state index contributed by atoms with van der Waals surface area (Å²) in [6.45, 7) is 1.75. The van der Waals surface area contributed by atoms with Crippen molar-refractivity contribution in [3.8, 4) is 23.0 Å². The Bertz CT molecular complexity index is 2740. The Morgan fingerprint density at radius 1 is 0.418 bits per heavy atom. The number of phenols is 4. The van der Waals surface area contributed by atoms with Gasteiger partial charge in [-0.1, -0.05) is 17.7 Å². The van der Waals surface area contributed by atoms with Crippen molar-refractivity contribution < 1.29 is 67.8 Å². The molecule has 0 fully saturated rings. The summed E-state index contributed by atoms with van der Waals surface area (Å²) in [5, 5.41) is 45.9. The highest BCUT2D eigenvalue weighted by Crippen LogP contribution is 2.41. The van der Waals surface area contributed by atoms with E-state index in [4.69, 9.17) is 0 Å². The highest BCUT2D eigenvalue weighted by Gasteiger charge is 2.26. The van der Waals surface area contributed by atoms with Crippen molar-refractivity contribution in [3.63, 3.8) is 0 Å². The van der Waals surface area contributed by atoms with E-state index in [1.54, 1.807) is 19.1 Å². The van der Waals surface area contributed by atoms with Crippen LogP contribution in [0.15, 0.2) is 92.4 Å². The van der Waals surface area contributed by atoms with E-state index in [2.05, 4.69) is 4.72 Å². The van der Waals surface area contributed by atoms with Crippen LogP contribution in [-0.4, -0.2) is 67.8 Å². The summed E-state index contributed by atoms with van der Waals surface area (Å²) in [6, 6.07) is 13.2. The van der Waals surface area contributed by atoms with Gasteiger partial charge in [0.2, 0.25) is 0 Å². The molecule has 0 amide bonds. The first-order chi connectivity index (χ1) is 25.4. The lowest BCUT2D eigenvalue weighted by atomic mass is 9.91. The van der Waals surface area contributed by atoms with E-state index in [1.165, 1.54) is 24.3 Å². The molecule has 290 valence electrons. The zero-order chi connectivity index (χ0) is 40.4. The van der Waals surface area contributed by atoms with Crippen LogP contribution in [0.1, 0.15) is 50.1 Å². The standard InChI is InChI=1S/C35H31NO15S4/c1-18-2-4-28(5-3-18)52(41,42)36-27-10-19-6-21-12-29(53(43,44)45)14-23(33(21)38)8-25-16-31(55(49,50)51)17-26(35(25)40)9-24-15-30(54(46,47)48)13-22(34(24)39)7-20(11-27)32(19)37/h2-5,10-17,36-40H,6-9H2,1H3,(H,43,44,45)(H,46,47,48)(H,49,50,51). The van der Waals surface area contributed by atoms with Crippen molar-refractivity contribution in [2.75, 3.05) is 4.72 Å². The number of hydrogen-bond donors (Lipinski definition) is 8. The second-order valence-corrected chi connectivity index (χ2v) is 18.9. The summed E-state index contributed by atoms with van der Waals surface area (Å²) in [5.41, 5.74) is -1.48. The van der Waals surface area contributed by atoms with E-state index in [9.17, 15) is 67.8 Å². The minimum atomic E-state index is -5.01. The normalized spacial score (nSPS) is 13.7. The predicted octanol–water partition coefficient (Wildman–Crippen LogP) is 4.03. The maximum Gasteiger partial charge on any atom is 0.294 e. The Morgan fingerprint density at radius 2 is 0.673 bits per heavy atom. The fourth-order valence-corrected chi connectivity index (χ4v) is 9.07. The van der Waals surface area contributed by atoms with Crippen molar-refractivity contribution in [2.24, 2.45) is 0 Å². The molecule has 0 unspecified atom stereocenters. The molecule has 0 atom stereocenters. The van der Waals surface area contributed by atoms with Crippen LogP contribution in [0.3, 0.4) is 0 Å². The van der Waals surface area contributed by atoms with E-state index in [1.807, 2.05) is 0 Å². The molecule has 20 heteroatoms. The molecule has 0 aromatic heterocycles. The average Bonchev–Trinajstić information content (AvgIpc) is 3.06. The van der Waals surface area contributed by atoms with Gasteiger partial charge in [0.05, 0.1) is 19.6 Å². The number of phenolic OH excluding ortho intramolecular Hbond substituents is 4. The van der Waals surface area contributed by atoms with Crippen LogP contribution in [-0.2, 0) is 66.1 Å². The number of aromatic hydroxyl groups is 4. The van der Waals surface area contributed by atoms with Gasteiger partial charge in [0.1, 0.15) is 23.0 Å². The zero-order valence-corrected chi connectivity index (χ0v) is 31.6. The molecule has 0 saturated carbocycles. The summed E-state index contributed by atoms with van der Waals surface area (Å²) in [6.07, 6.45) is -2.43. The summed E-state index contributed by atoms with van der Waals surface area (Å²) < 4.78 is 134. The average molecular weight is 834 g/mol. The summed E-state index contributed by atoms with van der Waals surface area (Å²) in [5.74, 6) is -2.51. The molecule has 5 aromatic rings. The number of benzene rings is 5. The van der Waals surface area contributed by atoms with Crippen LogP contribution in [0, 0.1) is 6.92 Å². The molecule has 55 heavy (non-hydrogen) atoms. The maximum atomic E-state index is 13.4. The molecule has 8 bridgehead atoms. The van der Waals surface area contributed by atoms with Gasteiger partial charge in [0.15, 0.2) is 0 Å². The topological polar surface area (TPSA) is 290 Å². The molecule has 0 aliphatic heterocycles. The van der Waals surface area contributed by atoms with Gasteiger partial charge in [-0.15, -0.1) is 0 Å². The zero-order valence-electron chi connectivity index (χ0n) is 28.3. The van der Waals surface area contributed by atoms with Gasteiger partial charge in [-0.05, 0) is 67.6 Å². The van der Waals surface area contributed by atoms with Gasteiger partial charge in [-0.25, -0.2) is 8.42 Å². The van der Waals surface area contributed by atoms with Crippen LogP contribution in [0.5, 0.6) is 23.0 Å². The molecule has 1 aliphatic carbocycles. The van der Waals surface area contributed by atoms with Crippen molar-refractivity contribution in [2.45, 2.75) is 52.2 Å². The first-order valence-electron chi connectivity index (χ1n) is 15.8. The Labute approximate surface area is 315 Å². The van der Waals surface area contributed by atoms with Crippen LogP contribution < -0.4 is 4.72 Å². The third-order valence-corrected chi connectivity index (χ3v) is 12.9. The van der Waals surface area contributed by atoms with Crippen molar-refractivity contribution in [1.29, 1.82) is 0 Å². The Hall–Kier alpha value is -5.22. The van der Waals surface area contributed by atoms with Gasteiger partial charge in [0.25, 0.3) is 40.4 Å². The molecule has 1 aliphatic rings. The summed E-state index contributed by atoms with van der Waals surface area (Å²) >= 11 is 0. The molecule has 0 heterocycles. The molecule has 0 spiro atoms. The Balaban J connectivity index is 1.67. The predicted molar refractivity (Wildman–Crippen MR) is 195 cm³/mol. The molecule has 5 aromatic carbocycles. The number of rotatable bonds is 6. The quantitative estimate of drug-likeness (QED) is 0.0868. The first kappa shape index (κ1) is 39.5. The summed E-state index contributed by atoms with van der Waals surface area (Å²) in [4.78, 5) is -2.43. The van der Waals surface area contributed by atoms with E-state index in [0.717, 1.165) is 42.0 Å². The van der Waals surface area contributed by atoms with E-state index >= 15 is 0 Å². The van der Waals surface area contributed by atoms with Crippen LogP contribution in [0.25, 0.3) is 0 Å². The number of sulfonamides is 1. The molecule has 6 rings (SSSR count). The minimum Gasteiger partial charge on any atom is -0.507 e. The second kappa shape index (κ2) is 13.8. The fraction of sp³-hybridized carbons (Fsp3) is 0.143. The van der Waals surface area contributed by atoms with Crippen molar-refractivity contribution in [3.05, 3.63) is 123 Å². The van der Waals surface area contributed by atoms with E-state index in [-0.39, 0.29) is 55.1 Å². The number of fused-ring (bicyclic) bond motifs is 8. The smallest absolute Gasteiger partial charge is 0.294 e.